The largest absolute Gasteiger partial charge is 0.435 e. The highest BCUT2D eigenvalue weighted by atomic mass is 19.4. The molecule has 0 saturated carbocycles. The monoisotopic (exact) mass is 423 g/mol. The molecule has 0 fully saturated rings. The zero-order chi connectivity index (χ0) is 22.3. The molecule has 0 radical (unpaired) electrons. The van der Waals surface area contributed by atoms with E-state index in [0.29, 0.717) is 17.5 Å². The Bertz CT molecular complexity index is 1210. The standard InChI is InChI=1S/C25H24F3N3/c1-14(2)18-6-5-7-19(15(3)4)23(18)17-8-9-20-16(12-17)10-11-29-24(20)21-13-22(31-30-21)25(26,27)28/h5-15H,1-4H3,(H,30,31). The lowest BCUT2D eigenvalue weighted by atomic mass is 9.84. The quantitative estimate of drug-likeness (QED) is 0.368. The molecule has 6 heteroatoms. The molecule has 2 aromatic heterocycles. The Morgan fingerprint density at radius 1 is 0.871 bits per heavy atom. The van der Waals surface area contributed by atoms with Gasteiger partial charge in [0, 0.05) is 11.6 Å². The number of hydrogen-bond donors (Lipinski definition) is 1. The first-order valence-corrected chi connectivity index (χ1v) is 10.3. The van der Waals surface area contributed by atoms with Crippen molar-refractivity contribution in [3.63, 3.8) is 0 Å². The van der Waals surface area contributed by atoms with Crippen molar-refractivity contribution in [1.29, 1.82) is 0 Å². The molecular formula is C25H24F3N3. The van der Waals surface area contributed by atoms with E-state index in [9.17, 15) is 13.2 Å². The molecule has 0 aliphatic carbocycles. The first-order chi connectivity index (χ1) is 14.7. The predicted octanol–water partition coefficient (Wildman–Crippen LogP) is 7.56. The minimum absolute atomic E-state index is 0.246. The van der Waals surface area contributed by atoms with Crippen molar-refractivity contribution in [3.8, 4) is 22.5 Å². The van der Waals surface area contributed by atoms with Crippen LogP contribution in [0.15, 0.2) is 54.7 Å². The zero-order valence-corrected chi connectivity index (χ0v) is 17.9. The van der Waals surface area contributed by atoms with Crippen molar-refractivity contribution >= 4 is 10.8 Å². The van der Waals surface area contributed by atoms with E-state index < -0.39 is 11.9 Å². The molecule has 0 unspecified atom stereocenters. The Morgan fingerprint density at radius 2 is 1.55 bits per heavy atom. The number of hydrogen-bond acceptors (Lipinski definition) is 2. The van der Waals surface area contributed by atoms with E-state index >= 15 is 0 Å². The summed E-state index contributed by atoms with van der Waals surface area (Å²) >= 11 is 0. The summed E-state index contributed by atoms with van der Waals surface area (Å²) in [6, 6.07) is 15.4. The van der Waals surface area contributed by atoms with Gasteiger partial charge in [0.2, 0.25) is 0 Å². The van der Waals surface area contributed by atoms with Crippen LogP contribution in [0.25, 0.3) is 33.3 Å². The smallest absolute Gasteiger partial charge is 0.276 e. The van der Waals surface area contributed by atoms with Crippen LogP contribution in [0, 0.1) is 0 Å². The molecule has 2 aromatic carbocycles. The van der Waals surface area contributed by atoms with Gasteiger partial charge in [0.25, 0.3) is 0 Å². The molecule has 160 valence electrons. The van der Waals surface area contributed by atoms with Gasteiger partial charge in [-0.2, -0.15) is 18.3 Å². The van der Waals surface area contributed by atoms with Crippen molar-refractivity contribution < 1.29 is 13.2 Å². The predicted molar refractivity (Wildman–Crippen MR) is 118 cm³/mol. The van der Waals surface area contributed by atoms with Crippen molar-refractivity contribution in [1.82, 2.24) is 15.2 Å². The van der Waals surface area contributed by atoms with Crippen molar-refractivity contribution in [2.75, 3.05) is 0 Å². The fourth-order valence-corrected chi connectivity index (χ4v) is 4.02. The number of aromatic nitrogens is 3. The average molecular weight is 423 g/mol. The first kappa shape index (κ1) is 21.1. The van der Waals surface area contributed by atoms with Crippen LogP contribution < -0.4 is 0 Å². The van der Waals surface area contributed by atoms with Crippen LogP contribution in [0.2, 0.25) is 0 Å². The van der Waals surface area contributed by atoms with Crippen LogP contribution in [0.3, 0.4) is 0 Å². The summed E-state index contributed by atoms with van der Waals surface area (Å²) in [4.78, 5) is 4.33. The second-order valence-electron chi connectivity index (χ2n) is 8.38. The molecule has 2 heterocycles. The van der Waals surface area contributed by atoms with E-state index in [4.69, 9.17) is 0 Å². The molecule has 3 nitrogen and oxygen atoms in total. The zero-order valence-electron chi connectivity index (χ0n) is 17.9. The Balaban J connectivity index is 1.88. The Hall–Kier alpha value is -3.15. The lowest BCUT2D eigenvalue weighted by molar-refractivity contribution is -0.141. The first-order valence-electron chi connectivity index (χ1n) is 10.3. The SMILES string of the molecule is CC(C)c1cccc(C(C)C)c1-c1ccc2c(-c3cc(C(F)(F)F)n[nH]3)nccc2c1. The second kappa shape index (κ2) is 7.84. The fourth-order valence-electron chi connectivity index (χ4n) is 4.02. The van der Waals surface area contributed by atoms with Crippen LogP contribution in [0.1, 0.15) is 56.4 Å². The number of nitrogens with zero attached hydrogens (tertiary/aromatic N) is 2. The van der Waals surface area contributed by atoms with Gasteiger partial charge in [-0.05, 0) is 57.7 Å². The fraction of sp³-hybridized carbons (Fsp3) is 0.280. The highest BCUT2D eigenvalue weighted by molar-refractivity contribution is 5.96. The third-order valence-corrected chi connectivity index (χ3v) is 5.55. The van der Waals surface area contributed by atoms with Crippen molar-refractivity contribution in [3.05, 3.63) is 71.5 Å². The van der Waals surface area contributed by atoms with E-state index in [1.54, 1.807) is 6.20 Å². The third kappa shape index (κ3) is 3.94. The maximum atomic E-state index is 13.0. The number of nitrogens with one attached hydrogen (secondary N) is 1. The lowest BCUT2D eigenvalue weighted by Gasteiger charge is -2.20. The molecule has 0 aliphatic heterocycles. The van der Waals surface area contributed by atoms with Gasteiger partial charge in [0.05, 0.1) is 11.4 Å². The number of pyridine rings is 1. The average Bonchev–Trinajstić information content (AvgIpc) is 3.23. The minimum Gasteiger partial charge on any atom is -0.276 e. The summed E-state index contributed by atoms with van der Waals surface area (Å²) in [5, 5.41) is 7.58. The van der Waals surface area contributed by atoms with Crippen LogP contribution in [-0.2, 0) is 6.18 Å². The van der Waals surface area contributed by atoms with Gasteiger partial charge in [0.15, 0.2) is 5.69 Å². The van der Waals surface area contributed by atoms with Gasteiger partial charge in [-0.1, -0.05) is 58.0 Å². The van der Waals surface area contributed by atoms with Crippen LogP contribution in [0.4, 0.5) is 13.2 Å². The molecule has 0 bridgehead atoms. The highest BCUT2D eigenvalue weighted by Gasteiger charge is 2.34. The normalized spacial score (nSPS) is 12.3. The van der Waals surface area contributed by atoms with Gasteiger partial charge in [0.1, 0.15) is 0 Å². The van der Waals surface area contributed by atoms with Crippen LogP contribution in [-0.4, -0.2) is 15.2 Å². The van der Waals surface area contributed by atoms with Crippen molar-refractivity contribution in [2.45, 2.75) is 45.7 Å². The maximum Gasteiger partial charge on any atom is 0.435 e. The van der Waals surface area contributed by atoms with Gasteiger partial charge in [-0.15, -0.1) is 0 Å². The summed E-state index contributed by atoms with van der Waals surface area (Å²) in [5.41, 5.74) is 4.63. The molecule has 0 spiro atoms. The summed E-state index contributed by atoms with van der Waals surface area (Å²) < 4.78 is 38.9. The Kier molecular flexibility index (Phi) is 5.33. The topological polar surface area (TPSA) is 41.6 Å². The van der Waals surface area contributed by atoms with Crippen LogP contribution in [0.5, 0.6) is 0 Å². The number of benzene rings is 2. The minimum atomic E-state index is -4.50. The second-order valence-corrected chi connectivity index (χ2v) is 8.38. The molecule has 1 N–H and O–H groups in total. The summed E-state index contributed by atoms with van der Waals surface area (Å²) in [5.74, 6) is 0.728. The molecule has 0 aliphatic rings. The van der Waals surface area contributed by atoms with E-state index in [1.807, 2.05) is 18.2 Å². The Morgan fingerprint density at radius 3 is 2.13 bits per heavy atom. The molecule has 0 saturated heterocycles. The Labute approximate surface area is 179 Å². The van der Waals surface area contributed by atoms with Crippen molar-refractivity contribution in [2.24, 2.45) is 0 Å². The molecule has 31 heavy (non-hydrogen) atoms. The summed E-state index contributed by atoms with van der Waals surface area (Å²) in [6.45, 7) is 8.73. The molecular weight excluding hydrogens is 399 g/mol. The highest BCUT2D eigenvalue weighted by Crippen LogP contribution is 2.38. The maximum absolute atomic E-state index is 13.0. The number of rotatable bonds is 4. The van der Waals surface area contributed by atoms with Gasteiger partial charge < -0.3 is 0 Å². The van der Waals surface area contributed by atoms with E-state index in [-0.39, 0.29) is 5.69 Å². The van der Waals surface area contributed by atoms with Gasteiger partial charge >= 0.3 is 6.18 Å². The number of halogens is 3. The number of alkyl halides is 3. The van der Waals surface area contributed by atoms with Crippen LogP contribution >= 0.6 is 0 Å². The summed E-state index contributed by atoms with van der Waals surface area (Å²) in [7, 11) is 0. The molecule has 0 atom stereocenters. The van der Waals surface area contributed by atoms with Gasteiger partial charge in [-0.3, -0.25) is 10.1 Å². The molecule has 0 amide bonds. The molecule has 4 aromatic rings. The number of aromatic amines is 1. The summed E-state index contributed by atoms with van der Waals surface area (Å²) in [6.07, 6.45) is -2.88. The number of fused-ring (bicyclic) bond motifs is 1. The van der Waals surface area contributed by atoms with E-state index in [0.717, 1.165) is 22.4 Å². The third-order valence-electron chi connectivity index (χ3n) is 5.55. The van der Waals surface area contributed by atoms with Gasteiger partial charge in [-0.25, -0.2) is 0 Å². The van der Waals surface area contributed by atoms with E-state index in [2.05, 4.69) is 67.1 Å². The van der Waals surface area contributed by atoms with E-state index in [1.165, 1.54) is 16.7 Å². The number of H-pyrrole nitrogens is 1. The molecule has 4 rings (SSSR count). The lowest BCUT2D eigenvalue weighted by Crippen LogP contribution is -2.04.